The fourth-order valence-electron chi connectivity index (χ4n) is 1.40. The number of nitrogens with one attached hydrogen (secondary N) is 1. The second kappa shape index (κ2) is 3.90. The molecular weight excluding hydrogens is 214 g/mol. The zero-order valence-corrected chi connectivity index (χ0v) is 9.17. The van der Waals surface area contributed by atoms with Crippen LogP contribution in [0.5, 0.6) is 5.75 Å². The predicted octanol–water partition coefficient (Wildman–Crippen LogP) is 2.33. The molecule has 1 aromatic heterocycles. The zero-order valence-electron chi connectivity index (χ0n) is 8.41. The maximum Gasteiger partial charge on any atom is 0.224 e. The molecule has 0 bridgehead atoms. The Morgan fingerprint density at radius 1 is 1.33 bits per heavy atom. The number of nitrogens with zero attached hydrogens (tertiary/aromatic N) is 2. The number of halogens is 1. The zero-order chi connectivity index (χ0) is 10.8. The number of fused-ring (bicyclic) bond motifs is 1. The molecule has 0 radical (unpaired) electrons. The molecule has 78 valence electrons. The van der Waals surface area contributed by atoms with Gasteiger partial charge in [-0.1, -0.05) is 0 Å². The van der Waals surface area contributed by atoms with Gasteiger partial charge in [0.15, 0.2) is 0 Å². The summed E-state index contributed by atoms with van der Waals surface area (Å²) in [7, 11) is 3.41. The molecular formula is C10H10ClN3O. The molecule has 0 saturated carbocycles. The van der Waals surface area contributed by atoms with E-state index in [1.54, 1.807) is 14.2 Å². The van der Waals surface area contributed by atoms with E-state index < -0.39 is 0 Å². The maximum atomic E-state index is 5.80. The van der Waals surface area contributed by atoms with Crippen LogP contribution >= 0.6 is 11.6 Å². The molecule has 2 rings (SSSR count). The quantitative estimate of drug-likeness (QED) is 0.794. The minimum absolute atomic E-state index is 0.222. The van der Waals surface area contributed by atoms with Gasteiger partial charge in [0.25, 0.3) is 0 Å². The molecule has 0 aliphatic heterocycles. The van der Waals surface area contributed by atoms with Gasteiger partial charge in [-0.05, 0) is 23.7 Å². The van der Waals surface area contributed by atoms with Gasteiger partial charge in [-0.2, -0.15) is 0 Å². The average Bonchev–Trinajstić information content (AvgIpc) is 2.26. The third-order valence-electron chi connectivity index (χ3n) is 2.11. The topological polar surface area (TPSA) is 47.0 Å². The molecule has 0 aliphatic carbocycles. The van der Waals surface area contributed by atoms with Crippen LogP contribution in [-0.4, -0.2) is 24.1 Å². The smallest absolute Gasteiger partial charge is 0.224 e. The lowest BCUT2D eigenvalue weighted by Crippen LogP contribution is -1.96. The van der Waals surface area contributed by atoms with Crippen molar-refractivity contribution in [2.75, 3.05) is 19.5 Å². The Kier molecular flexibility index (Phi) is 2.60. The highest BCUT2D eigenvalue weighted by molar-refractivity contribution is 6.28. The molecule has 0 atom stereocenters. The summed E-state index contributed by atoms with van der Waals surface area (Å²) in [5, 5.41) is 4.11. The lowest BCUT2D eigenvalue weighted by Gasteiger charge is -2.06. The standard InChI is InChI=1S/C10H10ClN3O/c1-12-9-7-4-3-6(15-2)5-8(7)13-10(11)14-9/h3-5H,1-2H3,(H,12,13,14). The lowest BCUT2D eigenvalue weighted by molar-refractivity contribution is 0.415. The summed E-state index contributed by atoms with van der Waals surface area (Å²) in [5.41, 5.74) is 0.763. The highest BCUT2D eigenvalue weighted by atomic mass is 35.5. The molecule has 1 N–H and O–H groups in total. The van der Waals surface area contributed by atoms with Gasteiger partial charge in [-0.25, -0.2) is 9.97 Å². The second-order valence-corrected chi connectivity index (χ2v) is 3.31. The van der Waals surface area contributed by atoms with Crippen LogP contribution in [0.4, 0.5) is 5.82 Å². The van der Waals surface area contributed by atoms with Gasteiger partial charge < -0.3 is 10.1 Å². The Balaban J connectivity index is 2.72. The van der Waals surface area contributed by atoms with Gasteiger partial charge in [0, 0.05) is 18.5 Å². The van der Waals surface area contributed by atoms with Crippen LogP contribution in [0.3, 0.4) is 0 Å². The van der Waals surface area contributed by atoms with Crippen molar-refractivity contribution in [2.24, 2.45) is 0 Å². The number of anilines is 1. The Morgan fingerprint density at radius 2 is 2.13 bits per heavy atom. The first-order valence-corrected chi connectivity index (χ1v) is 4.81. The molecule has 1 heterocycles. The van der Waals surface area contributed by atoms with E-state index in [2.05, 4.69) is 15.3 Å². The van der Waals surface area contributed by atoms with Crippen molar-refractivity contribution in [1.82, 2.24) is 9.97 Å². The van der Waals surface area contributed by atoms with Gasteiger partial charge >= 0.3 is 0 Å². The highest BCUT2D eigenvalue weighted by Gasteiger charge is 2.05. The van der Waals surface area contributed by atoms with Crippen LogP contribution in [0.1, 0.15) is 0 Å². The first kappa shape index (κ1) is 9.98. The molecule has 0 aliphatic rings. The Labute approximate surface area is 92.2 Å². The first-order chi connectivity index (χ1) is 7.24. The maximum absolute atomic E-state index is 5.80. The predicted molar refractivity (Wildman–Crippen MR) is 60.6 cm³/mol. The third kappa shape index (κ3) is 1.80. The fourth-order valence-corrected chi connectivity index (χ4v) is 1.57. The van der Waals surface area contributed by atoms with Crippen molar-refractivity contribution in [3.05, 3.63) is 23.5 Å². The number of hydrogen-bond donors (Lipinski definition) is 1. The van der Waals surface area contributed by atoms with Crippen LogP contribution in [0.25, 0.3) is 10.9 Å². The number of methoxy groups -OCH3 is 1. The van der Waals surface area contributed by atoms with Crippen LogP contribution < -0.4 is 10.1 Å². The number of aromatic nitrogens is 2. The van der Waals surface area contributed by atoms with E-state index in [-0.39, 0.29) is 5.28 Å². The fraction of sp³-hybridized carbons (Fsp3) is 0.200. The number of ether oxygens (including phenoxy) is 1. The molecule has 2 aromatic rings. The first-order valence-electron chi connectivity index (χ1n) is 4.43. The highest BCUT2D eigenvalue weighted by Crippen LogP contribution is 2.25. The summed E-state index contributed by atoms with van der Waals surface area (Å²) in [6.07, 6.45) is 0. The van der Waals surface area contributed by atoms with Crippen LogP contribution in [0.15, 0.2) is 18.2 Å². The van der Waals surface area contributed by atoms with Crippen LogP contribution in [-0.2, 0) is 0 Å². The Bertz CT molecular complexity index is 501. The summed E-state index contributed by atoms with van der Waals surface area (Å²) >= 11 is 5.80. The molecule has 5 heteroatoms. The van der Waals surface area contributed by atoms with E-state index >= 15 is 0 Å². The van der Waals surface area contributed by atoms with Gasteiger partial charge in [0.2, 0.25) is 5.28 Å². The van der Waals surface area contributed by atoms with Crippen molar-refractivity contribution >= 4 is 28.3 Å². The minimum atomic E-state index is 0.222. The van der Waals surface area contributed by atoms with Crippen LogP contribution in [0, 0.1) is 0 Å². The van der Waals surface area contributed by atoms with E-state index in [4.69, 9.17) is 16.3 Å². The minimum Gasteiger partial charge on any atom is -0.497 e. The van der Waals surface area contributed by atoms with Crippen molar-refractivity contribution < 1.29 is 4.74 Å². The largest absolute Gasteiger partial charge is 0.497 e. The number of rotatable bonds is 2. The summed E-state index contributed by atoms with van der Waals surface area (Å²) in [6.45, 7) is 0. The third-order valence-corrected chi connectivity index (χ3v) is 2.28. The SMILES string of the molecule is CNc1nc(Cl)nc2cc(OC)ccc12. The molecule has 0 fully saturated rings. The van der Waals surface area contributed by atoms with Gasteiger partial charge in [-0.15, -0.1) is 0 Å². The van der Waals surface area contributed by atoms with E-state index in [1.807, 2.05) is 18.2 Å². The normalized spacial score (nSPS) is 10.3. The molecule has 4 nitrogen and oxygen atoms in total. The van der Waals surface area contributed by atoms with Crippen LogP contribution in [0.2, 0.25) is 5.28 Å². The second-order valence-electron chi connectivity index (χ2n) is 2.97. The van der Waals surface area contributed by atoms with E-state index in [9.17, 15) is 0 Å². The van der Waals surface area contributed by atoms with E-state index in [0.717, 1.165) is 16.7 Å². The molecule has 0 amide bonds. The lowest BCUT2D eigenvalue weighted by atomic mass is 10.2. The molecule has 0 spiro atoms. The summed E-state index contributed by atoms with van der Waals surface area (Å²) in [4.78, 5) is 8.20. The molecule has 1 aromatic carbocycles. The van der Waals surface area contributed by atoms with Crippen molar-refractivity contribution in [1.29, 1.82) is 0 Å². The number of hydrogen-bond acceptors (Lipinski definition) is 4. The monoisotopic (exact) mass is 223 g/mol. The van der Waals surface area contributed by atoms with Crippen molar-refractivity contribution in [3.63, 3.8) is 0 Å². The van der Waals surface area contributed by atoms with Gasteiger partial charge in [0.05, 0.1) is 12.6 Å². The molecule has 0 saturated heterocycles. The summed E-state index contributed by atoms with van der Waals surface area (Å²) < 4.78 is 5.11. The Morgan fingerprint density at radius 3 is 2.80 bits per heavy atom. The van der Waals surface area contributed by atoms with Crippen molar-refractivity contribution in [2.45, 2.75) is 0 Å². The van der Waals surface area contributed by atoms with Gasteiger partial charge in [-0.3, -0.25) is 0 Å². The van der Waals surface area contributed by atoms with E-state index in [0.29, 0.717) is 5.82 Å². The summed E-state index contributed by atoms with van der Waals surface area (Å²) in [6, 6.07) is 5.58. The van der Waals surface area contributed by atoms with Gasteiger partial charge in [0.1, 0.15) is 11.6 Å². The summed E-state index contributed by atoms with van der Waals surface area (Å²) in [5.74, 6) is 1.46. The Hall–Kier alpha value is -1.55. The van der Waals surface area contributed by atoms with E-state index in [1.165, 1.54) is 0 Å². The van der Waals surface area contributed by atoms with Crippen molar-refractivity contribution in [3.8, 4) is 5.75 Å². The molecule has 15 heavy (non-hydrogen) atoms. The average molecular weight is 224 g/mol. The molecule has 0 unspecified atom stereocenters. The number of benzene rings is 1.